The van der Waals surface area contributed by atoms with Gasteiger partial charge in [0.25, 0.3) is 5.91 Å². The lowest BCUT2D eigenvalue weighted by Gasteiger charge is -2.18. The van der Waals surface area contributed by atoms with E-state index in [2.05, 4.69) is 60.0 Å². The molecule has 198 valence electrons. The Kier molecular flexibility index (Phi) is 7.93. The Labute approximate surface area is 221 Å². The third-order valence-electron chi connectivity index (χ3n) is 6.49. The van der Waals surface area contributed by atoms with Crippen LogP contribution in [-0.2, 0) is 6.54 Å². The van der Waals surface area contributed by atoms with E-state index in [1.807, 2.05) is 42.5 Å². The lowest BCUT2D eigenvalue weighted by Crippen LogP contribution is -2.35. The first-order valence-electron chi connectivity index (χ1n) is 13.1. The molecule has 0 spiro atoms. The van der Waals surface area contributed by atoms with E-state index in [1.54, 1.807) is 6.07 Å². The fourth-order valence-corrected chi connectivity index (χ4v) is 4.11. The van der Waals surface area contributed by atoms with Crippen LogP contribution >= 0.6 is 0 Å². The van der Waals surface area contributed by atoms with Crippen molar-refractivity contribution in [2.24, 2.45) is 0 Å². The van der Waals surface area contributed by atoms with Crippen LogP contribution in [-0.4, -0.2) is 62.3 Å². The van der Waals surface area contributed by atoms with E-state index in [0.29, 0.717) is 42.4 Å². The quantitative estimate of drug-likeness (QED) is 0.207. The number of H-pyrrole nitrogens is 1. The van der Waals surface area contributed by atoms with Gasteiger partial charge >= 0.3 is 0 Å². The number of rotatable bonds is 13. The predicted octanol–water partition coefficient (Wildman–Crippen LogP) is 4.16. The predicted molar refractivity (Wildman–Crippen MR) is 145 cm³/mol. The minimum Gasteiger partial charge on any atom is -0.359 e. The van der Waals surface area contributed by atoms with Crippen molar-refractivity contribution >= 4 is 23.5 Å². The molecule has 1 fully saturated rings. The largest absolute Gasteiger partial charge is 0.359 e. The van der Waals surface area contributed by atoms with E-state index in [-0.39, 0.29) is 11.6 Å². The number of carbonyl (C=O) groups is 1. The van der Waals surface area contributed by atoms with Crippen LogP contribution in [0.25, 0.3) is 11.3 Å². The number of hydrogen-bond donors (Lipinski definition) is 4. The van der Waals surface area contributed by atoms with Gasteiger partial charge < -0.3 is 25.4 Å². The summed E-state index contributed by atoms with van der Waals surface area (Å²) in [5.74, 6) is 2.31. The highest BCUT2D eigenvalue weighted by molar-refractivity contribution is 5.93. The smallest absolute Gasteiger partial charge is 0.270 e. The van der Waals surface area contributed by atoms with Gasteiger partial charge in [-0.1, -0.05) is 49.3 Å². The standard InChI is InChI=1S/C27H33N9O2/c1-3-36(4-2)13-12-28-26(37)23-16-24(31-25-15-21(33-34-25)19-10-11-19)32-27(30-23)29-17-20-14-22(35-38-20)18-8-6-5-7-9-18/h5-9,14-16,19H,3-4,10-13,17H2,1-2H3,(H,28,37)(H3,29,30,31,32,33,34). The molecule has 38 heavy (non-hydrogen) atoms. The minimum absolute atomic E-state index is 0.255. The van der Waals surface area contributed by atoms with Gasteiger partial charge in [-0.3, -0.25) is 9.89 Å². The van der Waals surface area contributed by atoms with Crippen molar-refractivity contribution in [3.8, 4) is 11.3 Å². The molecule has 3 aromatic heterocycles. The van der Waals surface area contributed by atoms with Crippen LogP contribution in [0, 0.1) is 0 Å². The van der Waals surface area contributed by atoms with Crippen LogP contribution in [0.4, 0.5) is 17.6 Å². The summed E-state index contributed by atoms with van der Waals surface area (Å²) >= 11 is 0. The Morgan fingerprint density at radius 2 is 1.89 bits per heavy atom. The zero-order valence-corrected chi connectivity index (χ0v) is 21.7. The van der Waals surface area contributed by atoms with E-state index in [4.69, 9.17) is 4.52 Å². The molecule has 5 rings (SSSR count). The second-order valence-electron chi connectivity index (χ2n) is 9.25. The SMILES string of the molecule is CCN(CC)CCNC(=O)c1cc(Nc2cc(C3CC3)[nH]n2)nc(NCc2cc(-c3ccccc3)no2)n1. The van der Waals surface area contributed by atoms with Gasteiger partial charge in [0.05, 0.1) is 6.54 Å². The van der Waals surface area contributed by atoms with Crippen LogP contribution in [0.3, 0.4) is 0 Å². The average molecular weight is 516 g/mol. The lowest BCUT2D eigenvalue weighted by molar-refractivity contribution is 0.0944. The zero-order chi connectivity index (χ0) is 26.3. The molecular weight excluding hydrogens is 482 g/mol. The molecule has 1 aliphatic rings. The maximum Gasteiger partial charge on any atom is 0.270 e. The molecule has 1 saturated carbocycles. The maximum atomic E-state index is 13.0. The number of nitrogens with zero attached hydrogens (tertiary/aromatic N) is 5. The number of likely N-dealkylation sites (N-methyl/N-ethyl adjacent to an activating group) is 1. The molecule has 0 unspecified atom stereocenters. The monoisotopic (exact) mass is 515 g/mol. The summed E-state index contributed by atoms with van der Waals surface area (Å²) in [6, 6.07) is 15.3. The Hall–Kier alpha value is -4.25. The van der Waals surface area contributed by atoms with E-state index in [9.17, 15) is 4.79 Å². The Bertz CT molecular complexity index is 1340. The van der Waals surface area contributed by atoms with Crippen LogP contribution in [0.1, 0.15) is 54.5 Å². The van der Waals surface area contributed by atoms with Gasteiger partial charge in [0, 0.05) is 48.5 Å². The fourth-order valence-electron chi connectivity index (χ4n) is 4.11. The number of aromatic amines is 1. The number of benzene rings is 1. The molecule has 0 radical (unpaired) electrons. The van der Waals surface area contributed by atoms with Crippen LogP contribution in [0.2, 0.25) is 0 Å². The summed E-state index contributed by atoms with van der Waals surface area (Å²) in [5, 5.41) is 20.9. The molecule has 1 amide bonds. The summed E-state index contributed by atoms with van der Waals surface area (Å²) < 4.78 is 5.49. The number of aromatic nitrogens is 5. The number of carbonyl (C=O) groups excluding carboxylic acids is 1. The Morgan fingerprint density at radius 3 is 2.66 bits per heavy atom. The Balaban J connectivity index is 1.30. The van der Waals surface area contributed by atoms with Crippen LogP contribution < -0.4 is 16.0 Å². The molecule has 0 aliphatic heterocycles. The normalized spacial score (nSPS) is 13.0. The molecule has 1 aliphatic carbocycles. The van der Waals surface area contributed by atoms with Crippen molar-refractivity contribution in [3.05, 3.63) is 65.7 Å². The first-order chi connectivity index (χ1) is 18.6. The highest BCUT2D eigenvalue weighted by Crippen LogP contribution is 2.39. The van der Waals surface area contributed by atoms with E-state index < -0.39 is 0 Å². The molecule has 11 heteroatoms. The second kappa shape index (κ2) is 11.9. The molecule has 3 heterocycles. The summed E-state index contributed by atoms with van der Waals surface area (Å²) in [7, 11) is 0. The summed E-state index contributed by atoms with van der Waals surface area (Å²) in [6.45, 7) is 7.68. The second-order valence-corrected chi connectivity index (χ2v) is 9.25. The van der Waals surface area contributed by atoms with Gasteiger partial charge in [-0.2, -0.15) is 10.1 Å². The Morgan fingerprint density at radius 1 is 1.08 bits per heavy atom. The van der Waals surface area contributed by atoms with Crippen molar-refractivity contribution in [1.29, 1.82) is 0 Å². The first kappa shape index (κ1) is 25.4. The van der Waals surface area contributed by atoms with Gasteiger partial charge in [0.15, 0.2) is 11.6 Å². The number of nitrogens with one attached hydrogen (secondary N) is 4. The van der Waals surface area contributed by atoms with Crippen molar-refractivity contribution in [3.63, 3.8) is 0 Å². The number of anilines is 3. The maximum absolute atomic E-state index is 13.0. The summed E-state index contributed by atoms with van der Waals surface area (Å²) in [6.07, 6.45) is 2.35. The van der Waals surface area contributed by atoms with Gasteiger partial charge in [0.1, 0.15) is 17.2 Å². The third kappa shape index (κ3) is 6.54. The van der Waals surface area contributed by atoms with Crippen molar-refractivity contribution in [2.75, 3.05) is 36.8 Å². The highest BCUT2D eigenvalue weighted by Gasteiger charge is 2.25. The fraction of sp³-hybridized carbons (Fsp3) is 0.370. The number of amides is 1. The van der Waals surface area contributed by atoms with Gasteiger partial charge in [-0.05, 0) is 25.9 Å². The van der Waals surface area contributed by atoms with Crippen molar-refractivity contribution < 1.29 is 9.32 Å². The van der Waals surface area contributed by atoms with Gasteiger partial charge in [0.2, 0.25) is 5.95 Å². The topological polar surface area (TPSA) is 137 Å². The van der Waals surface area contributed by atoms with E-state index in [1.165, 1.54) is 12.8 Å². The van der Waals surface area contributed by atoms with Crippen LogP contribution in [0.15, 0.2) is 53.1 Å². The van der Waals surface area contributed by atoms with Gasteiger partial charge in [-0.25, -0.2) is 4.98 Å². The molecule has 0 bridgehead atoms. The summed E-state index contributed by atoms with van der Waals surface area (Å²) in [5.41, 5.74) is 3.08. The zero-order valence-electron chi connectivity index (χ0n) is 21.7. The molecule has 1 aromatic carbocycles. The molecule has 4 N–H and O–H groups in total. The van der Waals surface area contributed by atoms with Crippen molar-refractivity contribution in [2.45, 2.75) is 39.2 Å². The molecule has 0 atom stereocenters. The molecular formula is C27H33N9O2. The van der Waals surface area contributed by atoms with E-state index >= 15 is 0 Å². The molecule has 4 aromatic rings. The minimum atomic E-state index is -0.266. The van der Waals surface area contributed by atoms with E-state index in [0.717, 1.165) is 36.6 Å². The third-order valence-corrected chi connectivity index (χ3v) is 6.49. The molecule has 11 nitrogen and oxygen atoms in total. The summed E-state index contributed by atoms with van der Waals surface area (Å²) in [4.78, 5) is 24.2. The van der Waals surface area contributed by atoms with Gasteiger partial charge in [-0.15, -0.1) is 0 Å². The molecule has 0 saturated heterocycles. The first-order valence-corrected chi connectivity index (χ1v) is 13.1. The van der Waals surface area contributed by atoms with Crippen LogP contribution in [0.5, 0.6) is 0 Å². The lowest BCUT2D eigenvalue weighted by atomic mass is 10.1. The average Bonchev–Trinajstić information content (AvgIpc) is 3.50. The van der Waals surface area contributed by atoms with Crippen molar-refractivity contribution in [1.82, 2.24) is 35.5 Å². The number of hydrogen-bond acceptors (Lipinski definition) is 9. The highest BCUT2D eigenvalue weighted by atomic mass is 16.5.